The summed E-state index contributed by atoms with van der Waals surface area (Å²) in [5, 5.41) is 14.4. The number of ether oxygens (including phenoxy) is 2. The zero-order chi connectivity index (χ0) is 35.2. The number of carboxylic acids is 1. The SMILES string of the molecule is Cc1nc(CNCC2CCCCC2)c(-c2ccc(OCCc3ccc(F)cc3)cc2)c(N2CCC(C)(C)CC2)c1[C@H](OC(C)(C)C)C(=O)O. The lowest BCUT2D eigenvalue weighted by atomic mass is 9.81. The second-order valence-electron chi connectivity index (χ2n) is 15.8. The second kappa shape index (κ2) is 16.0. The molecular formula is C41H56FN3O4. The number of carbonyl (C=O) groups is 1. The van der Waals surface area contributed by atoms with Crippen LogP contribution < -0.4 is 15.0 Å². The Morgan fingerprint density at radius 1 is 1.04 bits per heavy atom. The normalized spacial score (nSPS) is 17.6. The Balaban J connectivity index is 1.54. The molecule has 8 heteroatoms. The van der Waals surface area contributed by atoms with E-state index in [1.165, 1.54) is 44.2 Å². The number of pyridine rings is 1. The number of aromatic nitrogens is 1. The summed E-state index contributed by atoms with van der Waals surface area (Å²) in [6, 6.07) is 14.6. The highest BCUT2D eigenvalue weighted by molar-refractivity contribution is 5.88. The Morgan fingerprint density at radius 2 is 1.69 bits per heavy atom. The first-order valence-corrected chi connectivity index (χ1v) is 18.2. The van der Waals surface area contributed by atoms with Gasteiger partial charge in [0.25, 0.3) is 0 Å². The van der Waals surface area contributed by atoms with Gasteiger partial charge in [-0.25, -0.2) is 9.18 Å². The van der Waals surface area contributed by atoms with E-state index in [9.17, 15) is 14.3 Å². The van der Waals surface area contributed by atoms with Crippen molar-refractivity contribution in [3.63, 3.8) is 0 Å². The number of rotatable bonds is 13. The van der Waals surface area contributed by atoms with Crippen molar-refractivity contribution < 1.29 is 23.8 Å². The molecule has 3 aromatic rings. The summed E-state index contributed by atoms with van der Waals surface area (Å²) in [6.07, 6.45) is 7.93. The number of anilines is 1. The van der Waals surface area contributed by atoms with Crippen molar-refractivity contribution in [2.45, 2.75) is 111 Å². The molecule has 1 atom stereocenters. The second-order valence-corrected chi connectivity index (χ2v) is 15.8. The molecule has 0 unspecified atom stereocenters. The third-order valence-corrected chi connectivity index (χ3v) is 10.0. The summed E-state index contributed by atoms with van der Waals surface area (Å²) in [6.45, 7) is 15.9. The quantitative estimate of drug-likeness (QED) is 0.187. The average molecular weight is 674 g/mol. The highest BCUT2D eigenvalue weighted by atomic mass is 19.1. The Morgan fingerprint density at radius 3 is 2.31 bits per heavy atom. The van der Waals surface area contributed by atoms with Crippen molar-refractivity contribution >= 4 is 11.7 Å². The lowest BCUT2D eigenvalue weighted by Crippen LogP contribution is -2.39. The number of aliphatic carboxylic acids is 1. The lowest BCUT2D eigenvalue weighted by molar-refractivity contribution is -0.160. The van der Waals surface area contributed by atoms with E-state index in [-0.39, 0.29) is 11.2 Å². The maximum Gasteiger partial charge on any atom is 0.337 e. The maximum atomic E-state index is 13.3. The van der Waals surface area contributed by atoms with Crippen LogP contribution in [-0.2, 0) is 22.5 Å². The Hall–Kier alpha value is -3.49. The largest absolute Gasteiger partial charge is 0.493 e. The molecule has 0 spiro atoms. The molecule has 2 aromatic carbocycles. The number of halogens is 1. The van der Waals surface area contributed by atoms with Gasteiger partial charge in [-0.3, -0.25) is 4.98 Å². The molecule has 1 saturated carbocycles. The van der Waals surface area contributed by atoms with Crippen LogP contribution in [0.5, 0.6) is 5.75 Å². The molecule has 2 aliphatic rings. The fourth-order valence-corrected chi connectivity index (χ4v) is 7.20. The van der Waals surface area contributed by atoms with Crippen LogP contribution in [0.2, 0.25) is 0 Å². The molecule has 5 rings (SSSR count). The van der Waals surface area contributed by atoms with Crippen LogP contribution in [-0.4, -0.2) is 47.9 Å². The third-order valence-electron chi connectivity index (χ3n) is 10.0. The molecule has 1 aliphatic heterocycles. The highest BCUT2D eigenvalue weighted by Crippen LogP contribution is 2.45. The summed E-state index contributed by atoms with van der Waals surface area (Å²) >= 11 is 0. The molecule has 7 nitrogen and oxygen atoms in total. The zero-order valence-corrected chi connectivity index (χ0v) is 30.4. The molecular weight excluding hydrogens is 617 g/mol. The van der Waals surface area contributed by atoms with E-state index in [1.54, 1.807) is 12.1 Å². The molecule has 1 aromatic heterocycles. The van der Waals surface area contributed by atoms with E-state index in [4.69, 9.17) is 14.5 Å². The van der Waals surface area contributed by atoms with E-state index in [0.29, 0.717) is 36.7 Å². The molecule has 2 fully saturated rings. The van der Waals surface area contributed by atoms with E-state index in [1.807, 2.05) is 39.8 Å². The lowest BCUT2D eigenvalue weighted by Gasteiger charge is -2.41. The van der Waals surface area contributed by atoms with Gasteiger partial charge in [0.05, 0.1) is 23.6 Å². The molecule has 1 saturated heterocycles. The van der Waals surface area contributed by atoms with Gasteiger partial charge in [0.15, 0.2) is 6.10 Å². The fourth-order valence-electron chi connectivity index (χ4n) is 7.20. The van der Waals surface area contributed by atoms with Gasteiger partial charge in [-0.2, -0.15) is 0 Å². The third kappa shape index (κ3) is 10.0. The number of carboxylic acid groups (broad SMARTS) is 1. The van der Waals surface area contributed by atoms with Gasteiger partial charge in [0.1, 0.15) is 11.6 Å². The van der Waals surface area contributed by atoms with Crippen molar-refractivity contribution in [3.05, 3.63) is 76.9 Å². The van der Waals surface area contributed by atoms with Gasteiger partial charge in [0, 0.05) is 42.9 Å². The molecule has 0 bridgehead atoms. The standard InChI is InChI=1S/C41H56FN3O4/c1-28-35(38(39(46)47)49-40(2,3)4)37(45-23-21-41(5,6)22-24-45)36(34(44-28)27-43-26-30-10-8-7-9-11-30)31-14-18-33(19-15-31)48-25-20-29-12-16-32(42)17-13-29/h12-19,30,38,43H,7-11,20-27H2,1-6H3,(H,46,47)/t38-/m0/s1. The Kier molecular flexibility index (Phi) is 12.0. The van der Waals surface area contributed by atoms with Crippen LogP contribution in [0.25, 0.3) is 11.1 Å². The minimum atomic E-state index is -1.17. The highest BCUT2D eigenvalue weighted by Gasteiger charge is 2.37. The topological polar surface area (TPSA) is 83.9 Å². The van der Waals surface area contributed by atoms with Crippen molar-refractivity contribution in [1.29, 1.82) is 0 Å². The van der Waals surface area contributed by atoms with Gasteiger partial charge in [-0.15, -0.1) is 0 Å². The number of aryl methyl sites for hydroxylation is 1. The van der Waals surface area contributed by atoms with E-state index in [0.717, 1.165) is 66.3 Å². The number of nitrogens with one attached hydrogen (secondary N) is 1. The maximum absolute atomic E-state index is 13.3. The van der Waals surface area contributed by atoms with Crippen molar-refractivity contribution in [1.82, 2.24) is 10.3 Å². The Labute approximate surface area is 292 Å². The summed E-state index contributed by atoms with van der Waals surface area (Å²) in [7, 11) is 0. The summed E-state index contributed by atoms with van der Waals surface area (Å²) in [5.74, 6) is 0.149. The van der Waals surface area contributed by atoms with E-state index in [2.05, 4.69) is 36.2 Å². The number of benzene rings is 2. The Bertz CT molecular complexity index is 1530. The van der Waals surface area contributed by atoms with Crippen molar-refractivity contribution in [2.75, 3.05) is 31.1 Å². The van der Waals surface area contributed by atoms with E-state index < -0.39 is 17.7 Å². The van der Waals surface area contributed by atoms with Crippen LogP contribution in [0.3, 0.4) is 0 Å². The number of hydrogen-bond acceptors (Lipinski definition) is 6. The molecule has 2 heterocycles. The van der Waals surface area contributed by atoms with Crippen LogP contribution in [0, 0.1) is 24.1 Å². The fraction of sp³-hybridized carbons (Fsp3) is 0.561. The van der Waals surface area contributed by atoms with Crippen LogP contribution in [0.15, 0.2) is 48.5 Å². The first kappa shape index (κ1) is 36.8. The van der Waals surface area contributed by atoms with Gasteiger partial charge in [-0.05, 0) is 107 Å². The molecule has 266 valence electrons. The average Bonchev–Trinajstić information content (AvgIpc) is 3.05. The predicted molar refractivity (Wildman–Crippen MR) is 195 cm³/mol. The molecule has 49 heavy (non-hydrogen) atoms. The van der Waals surface area contributed by atoms with Gasteiger partial charge >= 0.3 is 5.97 Å². The van der Waals surface area contributed by atoms with Gasteiger partial charge < -0.3 is 24.8 Å². The summed E-state index contributed by atoms with van der Waals surface area (Å²) in [4.78, 5) is 20.5. The van der Waals surface area contributed by atoms with Gasteiger partial charge in [-0.1, -0.05) is 57.4 Å². The zero-order valence-electron chi connectivity index (χ0n) is 30.4. The minimum Gasteiger partial charge on any atom is -0.493 e. The summed E-state index contributed by atoms with van der Waals surface area (Å²) in [5.41, 5.74) is 5.63. The predicted octanol–water partition coefficient (Wildman–Crippen LogP) is 9.05. The summed E-state index contributed by atoms with van der Waals surface area (Å²) < 4.78 is 25.8. The van der Waals surface area contributed by atoms with Crippen LogP contribution in [0.4, 0.5) is 10.1 Å². The monoisotopic (exact) mass is 673 g/mol. The number of hydrogen-bond donors (Lipinski definition) is 2. The van der Waals surface area contributed by atoms with Crippen molar-refractivity contribution in [2.24, 2.45) is 11.3 Å². The molecule has 2 N–H and O–H groups in total. The van der Waals surface area contributed by atoms with Crippen LogP contribution in [0.1, 0.15) is 108 Å². The first-order valence-electron chi connectivity index (χ1n) is 18.2. The first-order chi connectivity index (χ1) is 23.3. The smallest absolute Gasteiger partial charge is 0.337 e. The molecule has 0 radical (unpaired) electrons. The van der Waals surface area contributed by atoms with Crippen LogP contribution >= 0.6 is 0 Å². The van der Waals surface area contributed by atoms with Crippen molar-refractivity contribution in [3.8, 4) is 16.9 Å². The molecule has 1 aliphatic carbocycles. The number of nitrogens with zero attached hydrogens (tertiary/aromatic N) is 2. The minimum absolute atomic E-state index is 0.213. The van der Waals surface area contributed by atoms with Gasteiger partial charge in [0.2, 0.25) is 0 Å². The van der Waals surface area contributed by atoms with E-state index >= 15 is 0 Å². The molecule has 0 amide bonds. The number of piperidine rings is 1.